The smallest absolute Gasteiger partial charge is 0.236 e. The van der Waals surface area contributed by atoms with Crippen molar-refractivity contribution in [3.8, 4) is 17.0 Å². The van der Waals surface area contributed by atoms with Gasteiger partial charge in [-0.25, -0.2) is 0 Å². The number of carbonyl (C=O) groups is 3. The molecule has 4 aromatic rings. The number of para-hydroxylation sites is 1. The molecule has 0 aliphatic carbocycles. The van der Waals surface area contributed by atoms with Gasteiger partial charge in [-0.3, -0.25) is 19.3 Å². The summed E-state index contributed by atoms with van der Waals surface area (Å²) in [6.07, 6.45) is 2.58. The van der Waals surface area contributed by atoms with E-state index in [0.29, 0.717) is 108 Å². The Morgan fingerprint density at radius 1 is 0.825 bits per heavy atom. The summed E-state index contributed by atoms with van der Waals surface area (Å²) in [5.41, 5.74) is 10.1. The van der Waals surface area contributed by atoms with Gasteiger partial charge in [0, 0.05) is 88.8 Å². The van der Waals surface area contributed by atoms with Gasteiger partial charge in [0.05, 0.1) is 41.6 Å². The molecule has 3 aromatic carbocycles. The molecule has 5 saturated heterocycles. The average Bonchev–Trinajstić information content (AvgIpc) is 3.31. The monoisotopic (exact) mass is 858 g/mol. The van der Waals surface area contributed by atoms with Crippen molar-refractivity contribution in [2.24, 2.45) is 0 Å². The fraction of sp³-hybridized carbons (Fsp3) is 0.468. The van der Waals surface area contributed by atoms with Crippen molar-refractivity contribution in [2.45, 2.75) is 61.8 Å². The number of benzene rings is 3. The molecular formula is C47H58N10O6. The average molecular weight is 859 g/mol. The lowest BCUT2D eigenvalue weighted by Crippen LogP contribution is -2.61. The molecule has 16 heteroatoms. The number of phenolic OH excluding ortho intramolecular Hbond substituents is 1. The van der Waals surface area contributed by atoms with Crippen LogP contribution in [-0.4, -0.2) is 149 Å². The summed E-state index contributed by atoms with van der Waals surface area (Å²) in [6, 6.07) is 26.9. The molecule has 1 aromatic heterocycles. The second-order valence-corrected chi connectivity index (χ2v) is 17.7. The predicted molar refractivity (Wildman–Crippen MR) is 240 cm³/mol. The summed E-state index contributed by atoms with van der Waals surface area (Å²) in [6.45, 7) is 7.41. The molecule has 5 fully saturated rings. The first-order valence-electron chi connectivity index (χ1n) is 22.3. The Balaban J connectivity index is 0.779. The molecule has 9 rings (SSSR count). The van der Waals surface area contributed by atoms with Crippen molar-refractivity contribution in [2.75, 3.05) is 99.4 Å². The quantitative estimate of drug-likeness (QED) is 0.165. The molecule has 0 saturated carbocycles. The molecule has 0 radical (unpaired) electrons. The summed E-state index contributed by atoms with van der Waals surface area (Å²) < 4.78 is 6.48. The van der Waals surface area contributed by atoms with Crippen LogP contribution < -0.4 is 26.2 Å². The highest BCUT2D eigenvalue weighted by Gasteiger charge is 2.49. The van der Waals surface area contributed by atoms with Crippen molar-refractivity contribution < 1.29 is 29.3 Å². The second-order valence-electron chi connectivity index (χ2n) is 17.7. The van der Waals surface area contributed by atoms with Gasteiger partial charge < -0.3 is 50.9 Å². The van der Waals surface area contributed by atoms with Crippen LogP contribution in [0.2, 0.25) is 0 Å². The Kier molecular flexibility index (Phi) is 12.1. The summed E-state index contributed by atoms with van der Waals surface area (Å²) in [5.74, 6) is 0.543. The van der Waals surface area contributed by atoms with Crippen molar-refractivity contribution in [3.63, 3.8) is 0 Å². The highest BCUT2D eigenvalue weighted by Crippen LogP contribution is 2.42. The minimum atomic E-state index is -0.907. The predicted octanol–water partition coefficient (Wildman–Crippen LogP) is 3.02. The molecule has 6 heterocycles. The standard InChI is InChI=1S/C47H58N10O6/c48-43-39(30-38(51-52-43)36-8-4-5-9-40(36)58)55-22-18-47(19-23-55,33-6-2-1-3-7-33)45(62)56-20-16-46(17-21-56)32-57(28-29-63-46)42(60)31-53-24-26-54(27-25-53)35-12-10-34(11-13-35)49-37-14-15-41(59)50-44(37)61/h1-13,30,37,44,49,58,61H,14-29,31-32H2,(H2,48,52)(H,50,59). The van der Waals surface area contributed by atoms with Crippen LogP contribution in [-0.2, 0) is 24.5 Å². The van der Waals surface area contributed by atoms with Crippen LogP contribution in [0.25, 0.3) is 11.3 Å². The zero-order valence-electron chi connectivity index (χ0n) is 35.7. The number of aromatic hydroxyl groups is 1. The number of nitrogen functional groups attached to an aromatic ring is 1. The fourth-order valence-corrected chi connectivity index (χ4v) is 10.1. The number of hydrogen-bond donors (Lipinski definition) is 5. The first kappa shape index (κ1) is 42.3. The number of aliphatic hydroxyl groups is 1. The Bertz CT molecular complexity index is 2260. The van der Waals surface area contributed by atoms with E-state index in [0.717, 1.165) is 48.8 Å². The van der Waals surface area contributed by atoms with Crippen LogP contribution in [0, 0.1) is 0 Å². The number of anilines is 4. The zero-order valence-corrected chi connectivity index (χ0v) is 35.7. The third-order valence-electron chi connectivity index (χ3n) is 13.9. The number of morpholine rings is 1. The van der Waals surface area contributed by atoms with Crippen molar-refractivity contribution >= 4 is 40.6 Å². The maximum atomic E-state index is 14.8. The Labute approximate surface area is 368 Å². The number of carbonyl (C=O) groups excluding carboxylic acids is 3. The third kappa shape index (κ3) is 8.97. The number of nitrogens with one attached hydrogen (secondary N) is 2. The van der Waals surface area contributed by atoms with E-state index in [-0.39, 0.29) is 29.5 Å². The number of nitrogens with zero attached hydrogens (tertiary/aromatic N) is 7. The lowest BCUT2D eigenvalue weighted by Gasteiger charge is -2.50. The molecule has 2 atom stereocenters. The number of nitrogens with two attached hydrogens (primary N) is 1. The summed E-state index contributed by atoms with van der Waals surface area (Å²) in [4.78, 5) is 50.9. The van der Waals surface area contributed by atoms with Crippen molar-refractivity contribution in [1.29, 1.82) is 0 Å². The number of piperidine rings is 3. The molecule has 5 aliphatic rings. The van der Waals surface area contributed by atoms with Gasteiger partial charge in [-0.15, -0.1) is 10.2 Å². The lowest BCUT2D eigenvalue weighted by molar-refractivity contribution is -0.165. The van der Waals surface area contributed by atoms with Gasteiger partial charge in [0.15, 0.2) is 5.82 Å². The van der Waals surface area contributed by atoms with Crippen molar-refractivity contribution in [1.82, 2.24) is 30.2 Å². The number of amides is 3. The molecule has 3 amide bonds. The van der Waals surface area contributed by atoms with Crippen molar-refractivity contribution in [3.05, 3.63) is 90.5 Å². The molecule has 5 aliphatic heterocycles. The minimum Gasteiger partial charge on any atom is -0.507 e. The maximum Gasteiger partial charge on any atom is 0.236 e. The molecule has 6 N–H and O–H groups in total. The number of aliphatic hydroxyl groups excluding tert-OH is 1. The Morgan fingerprint density at radius 3 is 2.25 bits per heavy atom. The van der Waals surface area contributed by atoms with Gasteiger partial charge in [-0.05, 0) is 80.1 Å². The number of piperazine rings is 1. The van der Waals surface area contributed by atoms with E-state index in [2.05, 4.69) is 59.8 Å². The summed E-state index contributed by atoms with van der Waals surface area (Å²) in [5, 5.41) is 35.1. The van der Waals surface area contributed by atoms with Gasteiger partial charge in [-0.2, -0.15) is 0 Å². The number of likely N-dealkylation sites (tertiary alicyclic amines) is 1. The number of hydrogen-bond acceptors (Lipinski definition) is 13. The first-order chi connectivity index (χ1) is 30.6. The highest BCUT2D eigenvalue weighted by molar-refractivity contribution is 5.89. The Morgan fingerprint density at radius 2 is 1.54 bits per heavy atom. The number of aromatic nitrogens is 2. The van der Waals surface area contributed by atoms with E-state index in [1.807, 2.05) is 52.3 Å². The van der Waals surface area contributed by atoms with Crippen LogP contribution in [0.5, 0.6) is 5.75 Å². The van der Waals surface area contributed by atoms with E-state index in [9.17, 15) is 24.6 Å². The number of ether oxygens (including phenoxy) is 1. The largest absolute Gasteiger partial charge is 0.507 e. The normalized spacial score (nSPS) is 22.7. The van der Waals surface area contributed by atoms with Gasteiger partial charge in [-0.1, -0.05) is 42.5 Å². The van der Waals surface area contributed by atoms with Crippen LogP contribution >= 0.6 is 0 Å². The molecule has 0 bridgehead atoms. The number of rotatable bonds is 9. The van der Waals surface area contributed by atoms with E-state index in [4.69, 9.17) is 10.5 Å². The molecule has 63 heavy (non-hydrogen) atoms. The topological polar surface area (TPSA) is 193 Å². The van der Waals surface area contributed by atoms with E-state index >= 15 is 0 Å². The number of phenols is 1. The van der Waals surface area contributed by atoms with E-state index in [1.54, 1.807) is 18.2 Å². The fourth-order valence-electron chi connectivity index (χ4n) is 10.1. The molecule has 332 valence electrons. The van der Waals surface area contributed by atoms with E-state index < -0.39 is 17.2 Å². The third-order valence-corrected chi connectivity index (χ3v) is 13.9. The first-order valence-corrected chi connectivity index (χ1v) is 22.3. The SMILES string of the molecule is Nc1nnc(-c2ccccc2O)cc1N1CCC(C(=O)N2CCC3(CC2)CN(C(=O)CN2CCN(c4ccc(NC5CCC(=O)NC5O)cc4)CC2)CCO3)(c2ccccc2)CC1. The summed E-state index contributed by atoms with van der Waals surface area (Å²) >= 11 is 0. The maximum absolute atomic E-state index is 14.8. The molecular weight excluding hydrogens is 801 g/mol. The van der Waals surface area contributed by atoms with Crippen LogP contribution in [0.1, 0.15) is 44.1 Å². The Hall–Kier alpha value is -5.97. The highest BCUT2D eigenvalue weighted by atomic mass is 16.5. The lowest BCUT2D eigenvalue weighted by atomic mass is 9.71. The van der Waals surface area contributed by atoms with Gasteiger partial charge in [0.1, 0.15) is 12.0 Å². The molecule has 1 spiro atoms. The van der Waals surface area contributed by atoms with Crippen LogP contribution in [0.4, 0.5) is 22.9 Å². The van der Waals surface area contributed by atoms with Crippen LogP contribution in [0.15, 0.2) is 84.9 Å². The molecule has 16 nitrogen and oxygen atoms in total. The molecule has 2 unspecified atom stereocenters. The van der Waals surface area contributed by atoms with E-state index in [1.165, 1.54) is 0 Å². The zero-order chi connectivity index (χ0) is 43.6. The summed E-state index contributed by atoms with van der Waals surface area (Å²) in [7, 11) is 0. The second kappa shape index (κ2) is 18.0. The minimum absolute atomic E-state index is 0.119. The van der Waals surface area contributed by atoms with Gasteiger partial charge in [0.2, 0.25) is 17.7 Å². The van der Waals surface area contributed by atoms with Gasteiger partial charge >= 0.3 is 0 Å². The van der Waals surface area contributed by atoms with Crippen LogP contribution in [0.3, 0.4) is 0 Å². The van der Waals surface area contributed by atoms with Gasteiger partial charge in [0.25, 0.3) is 0 Å².